The van der Waals surface area contributed by atoms with Gasteiger partial charge in [0.05, 0.1) is 5.03 Å². The number of thioether (sulfide) groups is 1. The average molecular weight is 223 g/mol. The topological polar surface area (TPSA) is 75.8 Å². The standard InChI is InChI=1S/C9H9N3O2S/c1-4-3-6-12(9(10)11-4)8(14)7(15-6)5(2)13/h3,7,10H,1-2H3. The molecule has 1 aliphatic rings. The van der Waals surface area contributed by atoms with Crippen LogP contribution >= 0.6 is 11.8 Å². The van der Waals surface area contributed by atoms with Crippen molar-refractivity contribution in [2.75, 3.05) is 0 Å². The molecule has 5 nitrogen and oxygen atoms in total. The smallest absolute Gasteiger partial charge is 0.255 e. The number of aryl methyl sites for hydroxylation is 1. The molecule has 1 aliphatic heterocycles. The summed E-state index contributed by atoms with van der Waals surface area (Å²) in [5.41, 5.74) is 0.571. The molecule has 15 heavy (non-hydrogen) atoms. The van der Waals surface area contributed by atoms with Crippen LogP contribution in [0.4, 0.5) is 0 Å². The highest BCUT2D eigenvalue weighted by Crippen LogP contribution is 2.30. The summed E-state index contributed by atoms with van der Waals surface area (Å²) in [6.07, 6.45) is 0. The summed E-state index contributed by atoms with van der Waals surface area (Å²) >= 11 is 1.18. The van der Waals surface area contributed by atoms with Gasteiger partial charge in [0, 0.05) is 5.69 Å². The molecule has 1 atom stereocenters. The summed E-state index contributed by atoms with van der Waals surface area (Å²) in [5.74, 6) is -0.550. The van der Waals surface area contributed by atoms with E-state index in [1.54, 1.807) is 13.0 Å². The summed E-state index contributed by atoms with van der Waals surface area (Å²) in [7, 11) is 0. The Morgan fingerprint density at radius 1 is 1.67 bits per heavy atom. The molecular formula is C9H9N3O2S. The fourth-order valence-corrected chi connectivity index (χ4v) is 2.58. The molecule has 78 valence electrons. The maximum absolute atomic E-state index is 11.7. The first-order valence-corrected chi connectivity index (χ1v) is 5.25. The molecule has 1 unspecified atom stereocenters. The number of rotatable bonds is 1. The Hall–Kier alpha value is -1.43. The van der Waals surface area contributed by atoms with Crippen LogP contribution in [0.2, 0.25) is 0 Å². The zero-order valence-corrected chi connectivity index (χ0v) is 9.09. The highest BCUT2D eigenvalue weighted by Gasteiger charge is 2.35. The van der Waals surface area contributed by atoms with Crippen molar-refractivity contribution in [1.82, 2.24) is 9.55 Å². The molecule has 1 aromatic heterocycles. The molecule has 1 aromatic rings. The third kappa shape index (κ3) is 1.50. The van der Waals surface area contributed by atoms with Crippen molar-refractivity contribution in [1.29, 1.82) is 5.41 Å². The number of fused-ring (bicyclic) bond motifs is 1. The fourth-order valence-electron chi connectivity index (χ4n) is 1.44. The zero-order chi connectivity index (χ0) is 11.2. The van der Waals surface area contributed by atoms with Gasteiger partial charge in [-0.15, -0.1) is 0 Å². The molecule has 2 rings (SSSR count). The maximum Gasteiger partial charge on any atom is 0.255 e. The fraction of sp³-hybridized carbons (Fsp3) is 0.333. The van der Waals surface area contributed by atoms with Crippen LogP contribution in [-0.4, -0.2) is 26.5 Å². The van der Waals surface area contributed by atoms with Crippen LogP contribution < -0.4 is 5.62 Å². The van der Waals surface area contributed by atoms with Crippen molar-refractivity contribution in [3.05, 3.63) is 17.4 Å². The van der Waals surface area contributed by atoms with Gasteiger partial charge in [0.2, 0.25) is 5.62 Å². The van der Waals surface area contributed by atoms with E-state index in [4.69, 9.17) is 5.41 Å². The number of Topliss-reactive ketones (excluding diaryl/α,β-unsaturated/α-hetero) is 1. The van der Waals surface area contributed by atoms with Crippen molar-refractivity contribution in [2.45, 2.75) is 24.1 Å². The molecule has 0 radical (unpaired) electrons. The second-order valence-electron chi connectivity index (χ2n) is 3.34. The van der Waals surface area contributed by atoms with Crippen LogP contribution in [0.3, 0.4) is 0 Å². The molecule has 6 heteroatoms. The normalized spacial score (nSPS) is 19.1. The van der Waals surface area contributed by atoms with Crippen LogP contribution in [0.15, 0.2) is 11.1 Å². The second-order valence-corrected chi connectivity index (χ2v) is 4.47. The van der Waals surface area contributed by atoms with Crippen LogP contribution in [0.5, 0.6) is 0 Å². The molecular weight excluding hydrogens is 214 g/mol. The van der Waals surface area contributed by atoms with Gasteiger partial charge in [-0.05, 0) is 19.9 Å². The lowest BCUT2D eigenvalue weighted by atomic mass is 10.3. The van der Waals surface area contributed by atoms with Crippen molar-refractivity contribution in [3.63, 3.8) is 0 Å². The quantitative estimate of drug-likeness (QED) is 0.551. The lowest BCUT2D eigenvalue weighted by molar-refractivity contribution is -0.115. The summed E-state index contributed by atoms with van der Waals surface area (Å²) in [6.45, 7) is 3.14. The third-order valence-electron chi connectivity index (χ3n) is 2.10. The summed E-state index contributed by atoms with van der Waals surface area (Å²) in [5, 5.41) is 7.47. The van der Waals surface area contributed by atoms with E-state index in [9.17, 15) is 9.59 Å². The third-order valence-corrected chi connectivity index (χ3v) is 3.41. The minimum Gasteiger partial charge on any atom is -0.298 e. The largest absolute Gasteiger partial charge is 0.298 e. The number of nitrogens with one attached hydrogen (secondary N) is 1. The minimum absolute atomic E-state index is 0.105. The van der Waals surface area contributed by atoms with Crippen molar-refractivity contribution in [3.8, 4) is 0 Å². The van der Waals surface area contributed by atoms with Crippen LogP contribution in [0, 0.1) is 12.3 Å². The molecule has 0 bridgehead atoms. The first kappa shape index (κ1) is 10.1. The maximum atomic E-state index is 11.7. The highest BCUT2D eigenvalue weighted by molar-refractivity contribution is 8.01. The lowest BCUT2D eigenvalue weighted by Gasteiger charge is -2.00. The number of carbonyl (C=O) groups is 2. The molecule has 1 N–H and O–H groups in total. The average Bonchev–Trinajstić information content (AvgIpc) is 2.42. The van der Waals surface area contributed by atoms with Crippen LogP contribution in [0.1, 0.15) is 17.4 Å². The van der Waals surface area contributed by atoms with Crippen molar-refractivity contribution in [2.24, 2.45) is 0 Å². The van der Waals surface area contributed by atoms with Gasteiger partial charge in [0.15, 0.2) is 5.78 Å². The van der Waals surface area contributed by atoms with Gasteiger partial charge in [-0.3, -0.25) is 15.0 Å². The number of carbonyl (C=O) groups excluding carboxylic acids is 2. The summed E-state index contributed by atoms with van der Waals surface area (Å²) < 4.78 is 1.18. The Kier molecular flexibility index (Phi) is 2.22. The first-order chi connectivity index (χ1) is 7.00. The molecule has 0 aliphatic carbocycles. The van der Waals surface area contributed by atoms with E-state index in [1.807, 2.05) is 0 Å². The Balaban J connectivity index is 2.60. The molecule has 2 heterocycles. The van der Waals surface area contributed by atoms with Crippen LogP contribution in [-0.2, 0) is 4.79 Å². The van der Waals surface area contributed by atoms with E-state index in [-0.39, 0.29) is 17.3 Å². The van der Waals surface area contributed by atoms with Crippen molar-refractivity contribution >= 4 is 23.5 Å². The van der Waals surface area contributed by atoms with Gasteiger partial charge >= 0.3 is 0 Å². The Labute approximate surface area is 90.0 Å². The number of ketones is 1. The van der Waals surface area contributed by atoms with Gasteiger partial charge in [0.25, 0.3) is 5.91 Å². The number of nitrogens with zero attached hydrogens (tertiary/aromatic N) is 2. The first-order valence-electron chi connectivity index (χ1n) is 4.37. The monoisotopic (exact) mass is 223 g/mol. The molecule has 0 aromatic carbocycles. The predicted octanol–water partition coefficient (Wildman–Crippen LogP) is 0.374. The van der Waals surface area contributed by atoms with Gasteiger partial charge in [-0.25, -0.2) is 9.55 Å². The Morgan fingerprint density at radius 2 is 2.33 bits per heavy atom. The van der Waals surface area contributed by atoms with Gasteiger partial charge in [0.1, 0.15) is 5.25 Å². The predicted molar refractivity (Wildman–Crippen MR) is 53.8 cm³/mol. The number of aromatic nitrogens is 2. The van der Waals surface area contributed by atoms with E-state index >= 15 is 0 Å². The summed E-state index contributed by atoms with van der Waals surface area (Å²) in [4.78, 5) is 26.8. The van der Waals surface area contributed by atoms with E-state index in [0.29, 0.717) is 10.7 Å². The van der Waals surface area contributed by atoms with Crippen LogP contribution in [0.25, 0.3) is 0 Å². The number of hydrogen-bond donors (Lipinski definition) is 1. The second kappa shape index (κ2) is 3.30. The zero-order valence-electron chi connectivity index (χ0n) is 8.27. The van der Waals surface area contributed by atoms with E-state index in [1.165, 1.54) is 23.3 Å². The van der Waals surface area contributed by atoms with Gasteiger partial charge in [-0.1, -0.05) is 11.8 Å². The number of hydrogen-bond acceptors (Lipinski definition) is 5. The Bertz CT molecular complexity index is 521. The van der Waals surface area contributed by atoms with E-state index < -0.39 is 5.25 Å². The summed E-state index contributed by atoms with van der Waals surface area (Å²) in [6, 6.07) is 1.71. The Morgan fingerprint density at radius 3 is 2.93 bits per heavy atom. The molecule has 0 fully saturated rings. The van der Waals surface area contributed by atoms with E-state index in [2.05, 4.69) is 4.98 Å². The molecule has 0 saturated heterocycles. The van der Waals surface area contributed by atoms with E-state index in [0.717, 1.165) is 0 Å². The molecule has 0 saturated carbocycles. The van der Waals surface area contributed by atoms with Gasteiger partial charge < -0.3 is 0 Å². The SMILES string of the molecule is CC(=O)C1Sc2cc(C)nc(=N)n2C1=O. The molecule has 0 spiro atoms. The van der Waals surface area contributed by atoms with Crippen molar-refractivity contribution < 1.29 is 9.59 Å². The minimum atomic E-state index is -0.710. The van der Waals surface area contributed by atoms with Gasteiger partial charge in [-0.2, -0.15) is 0 Å². The highest BCUT2D eigenvalue weighted by atomic mass is 32.2. The lowest BCUT2D eigenvalue weighted by Crippen LogP contribution is -2.33. The molecule has 0 amide bonds.